The number of nitrogens with zero attached hydrogens (tertiary/aromatic N) is 4. The molecule has 0 aliphatic carbocycles. The Morgan fingerprint density at radius 3 is 1.75 bits per heavy atom. The first-order chi connectivity index (χ1) is 13.1. The topological polar surface area (TPSA) is 199 Å². The van der Waals surface area contributed by atoms with Gasteiger partial charge in [0, 0.05) is 12.1 Å². The third-order valence-corrected chi connectivity index (χ3v) is 3.44. The summed E-state index contributed by atoms with van der Waals surface area (Å²) in [4.78, 5) is 51.9. The zero-order valence-corrected chi connectivity index (χ0v) is 13.5. The van der Waals surface area contributed by atoms with Crippen LogP contribution in [0.5, 0.6) is 0 Å². The van der Waals surface area contributed by atoms with Crippen molar-refractivity contribution >= 4 is 28.7 Å². The minimum Gasteiger partial charge on any atom is -0.457 e. The van der Waals surface area contributed by atoms with Crippen molar-refractivity contribution in [2.75, 3.05) is 0 Å². The molecule has 0 aliphatic heterocycles. The molecule has 0 heterocycles. The lowest BCUT2D eigenvalue weighted by Crippen LogP contribution is -2.09. The monoisotopic (exact) mass is 392 g/mol. The predicted molar refractivity (Wildman–Crippen MR) is 88.6 cm³/mol. The number of benzene rings is 2. The van der Waals surface area contributed by atoms with Crippen LogP contribution in [0.15, 0.2) is 36.4 Å². The molecule has 2 aromatic rings. The second-order valence-corrected chi connectivity index (χ2v) is 5.12. The molecule has 0 radical (unpaired) electrons. The van der Waals surface area contributed by atoms with Crippen LogP contribution in [-0.2, 0) is 11.3 Å². The lowest BCUT2D eigenvalue weighted by molar-refractivity contribution is -0.394. The molecule has 2 aromatic carbocycles. The van der Waals surface area contributed by atoms with E-state index < -0.39 is 60.6 Å². The smallest absolute Gasteiger partial charge is 0.345 e. The minimum absolute atomic E-state index is 0.187. The first-order valence-corrected chi connectivity index (χ1v) is 7.13. The SMILES string of the molecule is O=C(OCc1ccc([N+](=O)[O-])cc1[N+](=O)[O-])c1ccc([N+](=O)[O-])cc1[N+](=O)[O-]. The lowest BCUT2D eigenvalue weighted by atomic mass is 10.1. The number of non-ortho nitro benzene ring substituents is 2. The Hall–Kier alpha value is -4.49. The van der Waals surface area contributed by atoms with Crippen molar-refractivity contribution in [1.82, 2.24) is 0 Å². The molecule has 0 amide bonds. The highest BCUT2D eigenvalue weighted by atomic mass is 16.6. The number of rotatable bonds is 7. The van der Waals surface area contributed by atoms with Crippen LogP contribution in [0.4, 0.5) is 22.7 Å². The maximum atomic E-state index is 12.1. The van der Waals surface area contributed by atoms with Crippen LogP contribution in [0.1, 0.15) is 15.9 Å². The van der Waals surface area contributed by atoms with Crippen LogP contribution in [0.3, 0.4) is 0 Å². The van der Waals surface area contributed by atoms with Gasteiger partial charge >= 0.3 is 5.97 Å². The fourth-order valence-corrected chi connectivity index (χ4v) is 2.14. The van der Waals surface area contributed by atoms with Gasteiger partial charge in [0.05, 0.1) is 37.4 Å². The molecule has 28 heavy (non-hydrogen) atoms. The highest BCUT2D eigenvalue weighted by molar-refractivity contribution is 5.94. The van der Waals surface area contributed by atoms with E-state index in [0.29, 0.717) is 12.1 Å². The normalized spacial score (nSPS) is 10.1. The molecular formula is C14H8N4O10. The molecule has 2 rings (SSSR count). The van der Waals surface area contributed by atoms with Gasteiger partial charge in [-0.2, -0.15) is 0 Å². The number of nitro groups is 4. The maximum absolute atomic E-state index is 12.1. The summed E-state index contributed by atoms with van der Waals surface area (Å²) in [6, 6.07) is 4.90. The Balaban J connectivity index is 2.30. The van der Waals surface area contributed by atoms with Crippen molar-refractivity contribution in [1.29, 1.82) is 0 Å². The van der Waals surface area contributed by atoms with Gasteiger partial charge in [0.25, 0.3) is 22.7 Å². The van der Waals surface area contributed by atoms with Gasteiger partial charge in [-0.25, -0.2) is 4.79 Å². The Morgan fingerprint density at radius 1 is 0.750 bits per heavy atom. The minimum atomic E-state index is -1.26. The summed E-state index contributed by atoms with van der Waals surface area (Å²) >= 11 is 0. The molecule has 0 saturated heterocycles. The summed E-state index contributed by atoms with van der Waals surface area (Å²) in [5, 5.41) is 43.5. The van der Waals surface area contributed by atoms with Crippen LogP contribution in [0.2, 0.25) is 0 Å². The molecule has 0 aliphatic rings. The first-order valence-electron chi connectivity index (χ1n) is 7.13. The molecule has 0 fully saturated rings. The number of hydrogen-bond acceptors (Lipinski definition) is 10. The van der Waals surface area contributed by atoms with Crippen LogP contribution in [0, 0.1) is 40.5 Å². The highest BCUT2D eigenvalue weighted by Gasteiger charge is 2.26. The van der Waals surface area contributed by atoms with Gasteiger partial charge in [-0.05, 0) is 12.1 Å². The average molecular weight is 392 g/mol. The molecule has 144 valence electrons. The lowest BCUT2D eigenvalue weighted by Gasteiger charge is -2.06. The van der Waals surface area contributed by atoms with Crippen molar-refractivity contribution in [3.63, 3.8) is 0 Å². The van der Waals surface area contributed by atoms with E-state index in [2.05, 4.69) is 0 Å². The standard InChI is InChI=1S/C14H8N4O10/c19-14(11-4-3-10(16(22)23)6-13(11)18(26)27)28-7-8-1-2-9(15(20)21)5-12(8)17(24)25/h1-6H,7H2. The van der Waals surface area contributed by atoms with E-state index in [-0.39, 0.29) is 5.56 Å². The predicted octanol–water partition coefficient (Wildman–Crippen LogP) is 2.68. The second kappa shape index (κ2) is 7.81. The van der Waals surface area contributed by atoms with Crippen LogP contribution < -0.4 is 0 Å². The van der Waals surface area contributed by atoms with E-state index in [1.54, 1.807) is 0 Å². The van der Waals surface area contributed by atoms with Gasteiger partial charge in [0.15, 0.2) is 0 Å². The third-order valence-electron chi connectivity index (χ3n) is 3.44. The number of hydrogen-bond donors (Lipinski definition) is 0. The number of ether oxygens (including phenoxy) is 1. The number of carbonyl (C=O) groups excluding carboxylic acids is 1. The molecule has 14 heteroatoms. The van der Waals surface area contributed by atoms with E-state index in [1.165, 1.54) is 0 Å². The Labute approximate surface area is 153 Å². The van der Waals surface area contributed by atoms with Gasteiger partial charge < -0.3 is 4.74 Å². The van der Waals surface area contributed by atoms with Crippen molar-refractivity contribution in [3.05, 3.63) is 88.0 Å². The van der Waals surface area contributed by atoms with Gasteiger partial charge in [0.2, 0.25) is 0 Å². The summed E-state index contributed by atoms with van der Waals surface area (Å²) in [7, 11) is 0. The molecule has 0 unspecified atom stereocenters. The van der Waals surface area contributed by atoms with Gasteiger partial charge in [-0.15, -0.1) is 0 Å². The first kappa shape index (κ1) is 19.8. The van der Waals surface area contributed by atoms with Gasteiger partial charge in [0.1, 0.15) is 12.2 Å². The average Bonchev–Trinajstić information content (AvgIpc) is 2.65. The van der Waals surface area contributed by atoms with E-state index in [9.17, 15) is 45.3 Å². The van der Waals surface area contributed by atoms with Gasteiger partial charge in [-0.3, -0.25) is 40.5 Å². The molecule has 14 nitrogen and oxygen atoms in total. The molecule has 0 saturated carbocycles. The van der Waals surface area contributed by atoms with E-state index >= 15 is 0 Å². The summed E-state index contributed by atoms with van der Waals surface area (Å²) in [6.07, 6.45) is 0. The van der Waals surface area contributed by atoms with Crippen molar-refractivity contribution in [2.45, 2.75) is 6.61 Å². The Kier molecular flexibility index (Phi) is 5.53. The van der Waals surface area contributed by atoms with Crippen molar-refractivity contribution < 1.29 is 29.2 Å². The summed E-state index contributed by atoms with van der Waals surface area (Å²) in [5.41, 5.74) is -3.51. The van der Waals surface area contributed by atoms with Crippen LogP contribution in [-0.4, -0.2) is 25.7 Å². The Bertz CT molecular complexity index is 1020. The van der Waals surface area contributed by atoms with E-state index in [4.69, 9.17) is 4.74 Å². The highest BCUT2D eigenvalue weighted by Crippen LogP contribution is 2.28. The van der Waals surface area contributed by atoms with Gasteiger partial charge in [-0.1, -0.05) is 0 Å². The zero-order chi connectivity index (χ0) is 21.0. The number of nitro benzene ring substituents is 4. The molecule has 0 spiro atoms. The number of esters is 1. The summed E-state index contributed by atoms with van der Waals surface area (Å²) in [6.45, 7) is -0.707. The molecule has 0 aromatic heterocycles. The Morgan fingerprint density at radius 2 is 1.25 bits per heavy atom. The van der Waals surface area contributed by atoms with E-state index in [1.807, 2.05) is 0 Å². The number of carbonyl (C=O) groups is 1. The molecule has 0 N–H and O–H groups in total. The molecule has 0 bridgehead atoms. The quantitative estimate of drug-likeness (QED) is 0.383. The zero-order valence-electron chi connectivity index (χ0n) is 13.5. The van der Waals surface area contributed by atoms with Crippen molar-refractivity contribution in [2.24, 2.45) is 0 Å². The third kappa shape index (κ3) is 4.18. The van der Waals surface area contributed by atoms with Crippen molar-refractivity contribution in [3.8, 4) is 0 Å². The largest absolute Gasteiger partial charge is 0.457 e. The second-order valence-electron chi connectivity index (χ2n) is 5.12. The van der Waals surface area contributed by atoms with Crippen LogP contribution >= 0.6 is 0 Å². The fraction of sp³-hybridized carbons (Fsp3) is 0.0714. The molecule has 0 atom stereocenters. The maximum Gasteiger partial charge on any atom is 0.345 e. The molecular weight excluding hydrogens is 384 g/mol. The van der Waals surface area contributed by atoms with E-state index in [0.717, 1.165) is 24.3 Å². The summed E-state index contributed by atoms with van der Waals surface area (Å²) < 4.78 is 4.81. The summed E-state index contributed by atoms with van der Waals surface area (Å²) in [5.74, 6) is -1.26. The fourth-order valence-electron chi connectivity index (χ4n) is 2.14. The van der Waals surface area contributed by atoms with Crippen LogP contribution in [0.25, 0.3) is 0 Å².